The monoisotopic (exact) mass is 412 g/mol. The van der Waals surface area contributed by atoms with Gasteiger partial charge < -0.3 is 16.0 Å². The molecule has 1 aliphatic rings. The minimum absolute atomic E-state index is 0.326. The van der Waals surface area contributed by atoms with Gasteiger partial charge in [-0.15, -0.1) is 11.3 Å². The first kappa shape index (κ1) is 19.4. The van der Waals surface area contributed by atoms with Crippen LogP contribution in [-0.4, -0.2) is 38.4 Å². The Bertz CT molecular complexity index is 1060. The maximum atomic E-state index is 13.2. The van der Waals surface area contributed by atoms with E-state index in [1.807, 2.05) is 6.92 Å². The highest BCUT2D eigenvalue weighted by atomic mass is 32.1. The molecule has 0 unspecified atom stereocenters. The summed E-state index contributed by atoms with van der Waals surface area (Å²) in [5.41, 5.74) is 6.39. The van der Waals surface area contributed by atoms with Crippen molar-refractivity contribution in [2.24, 2.45) is 5.92 Å². The van der Waals surface area contributed by atoms with Crippen molar-refractivity contribution in [3.8, 4) is 0 Å². The molecule has 0 radical (unpaired) electrons. The molecule has 4 heterocycles. The lowest BCUT2D eigenvalue weighted by molar-refractivity contribution is -0.150. The summed E-state index contributed by atoms with van der Waals surface area (Å²) in [4.78, 5) is 33.8. The summed E-state index contributed by atoms with van der Waals surface area (Å²) in [5.74, 6) is -0.481. The Labute approximate surface area is 172 Å². The van der Waals surface area contributed by atoms with Gasteiger partial charge in [-0.1, -0.05) is 6.92 Å². The van der Waals surface area contributed by atoms with E-state index in [0.717, 1.165) is 33.5 Å². The lowest BCUT2D eigenvalue weighted by Crippen LogP contribution is -2.55. The number of aryl methyl sites for hydroxylation is 1. The van der Waals surface area contributed by atoms with Gasteiger partial charge in [-0.2, -0.15) is 5.10 Å². The number of anilines is 2. The van der Waals surface area contributed by atoms with E-state index in [2.05, 4.69) is 33.5 Å². The lowest BCUT2D eigenvalue weighted by atomic mass is 9.82. The summed E-state index contributed by atoms with van der Waals surface area (Å²) >= 11 is 1.58. The molecule has 152 valence electrons. The number of hydrogen-bond acceptors (Lipinski definition) is 6. The Kier molecular flexibility index (Phi) is 4.77. The van der Waals surface area contributed by atoms with Gasteiger partial charge in [-0.05, 0) is 50.3 Å². The van der Waals surface area contributed by atoms with Gasteiger partial charge in [0.25, 0.3) is 0 Å². The van der Waals surface area contributed by atoms with E-state index in [-0.39, 0.29) is 0 Å². The summed E-state index contributed by atoms with van der Waals surface area (Å²) in [6.07, 6.45) is 5.03. The van der Waals surface area contributed by atoms with E-state index in [1.165, 1.54) is 6.20 Å². The molecular weight excluding hydrogens is 388 g/mol. The zero-order chi connectivity index (χ0) is 20.8. The van der Waals surface area contributed by atoms with Gasteiger partial charge in [0.15, 0.2) is 0 Å². The number of amides is 2. The van der Waals surface area contributed by atoms with Crippen LogP contribution in [0.5, 0.6) is 0 Å². The van der Waals surface area contributed by atoms with Crippen molar-refractivity contribution in [3.05, 3.63) is 35.0 Å². The molecule has 0 bridgehead atoms. The minimum Gasteiger partial charge on any atom is -0.383 e. The Morgan fingerprint density at radius 2 is 2.17 bits per heavy atom. The van der Waals surface area contributed by atoms with E-state index in [1.54, 1.807) is 35.4 Å². The maximum absolute atomic E-state index is 13.2. The average molecular weight is 413 g/mol. The van der Waals surface area contributed by atoms with Crippen molar-refractivity contribution in [2.75, 3.05) is 17.6 Å². The first-order chi connectivity index (χ1) is 13.8. The van der Waals surface area contributed by atoms with Crippen molar-refractivity contribution in [1.82, 2.24) is 20.1 Å². The number of hydrogen-bond donors (Lipinski definition) is 3. The molecule has 4 rings (SSSR count). The third-order valence-corrected chi connectivity index (χ3v) is 7.00. The standard InChI is InChI=1S/C20H24N6O2S/c1-11-4-5-20(3,15-7-13-8-23-25-18(13)29-15)26(10-11)19(28)17(27)24-14-6-12(2)16(21)22-9-14/h6-9,11H,4-5,10H2,1-3H3,(H2,21,22)(H,23,25)(H,24,27)/t11-,20-/m0/s1. The summed E-state index contributed by atoms with van der Waals surface area (Å²) in [5, 5.41) is 10.7. The molecule has 1 fully saturated rings. The van der Waals surface area contributed by atoms with Gasteiger partial charge in [0, 0.05) is 16.8 Å². The van der Waals surface area contributed by atoms with E-state index in [0.29, 0.717) is 24.0 Å². The summed E-state index contributed by atoms with van der Waals surface area (Å²) in [6.45, 7) is 6.48. The van der Waals surface area contributed by atoms with Crippen LogP contribution >= 0.6 is 11.3 Å². The second-order valence-electron chi connectivity index (χ2n) is 7.98. The number of nitrogens with two attached hydrogens (primary N) is 1. The van der Waals surface area contributed by atoms with Gasteiger partial charge in [-0.25, -0.2) is 4.98 Å². The molecule has 29 heavy (non-hydrogen) atoms. The maximum Gasteiger partial charge on any atom is 0.313 e. The molecule has 0 spiro atoms. The van der Waals surface area contributed by atoms with Crippen LogP contribution in [-0.2, 0) is 15.1 Å². The number of nitrogens with one attached hydrogen (secondary N) is 2. The number of rotatable bonds is 2. The zero-order valence-corrected chi connectivity index (χ0v) is 17.5. The minimum atomic E-state index is -0.667. The Morgan fingerprint density at radius 3 is 2.90 bits per heavy atom. The van der Waals surface area contributed by atoms with Crippen LogP contribution in [0.4, 0.5) is 11.5 Å². The van der Waals surface area contributed by atoms with Gasteiger partial charge in [-0.3, -0.25) is 14.7 Å². The van der Waals surface area contributed by atoms with Crippen molar-refractivity contribution in [2.45, 2.75) is 39.2 Å². The molecular formula is C20H24N6O2S. The molecule has 9 heteroatoms. The van der Waals surface area contributed by atoms with Crippen molar-refractivity contribution < 1.29 is 9.59 Å². The van der Waals surface area contributed by atoms with Gasteiger partial charge in [0.1, 0.15) is 10.6 Å². The van der Waals surface area contributed by atoms with E-state index < -0.39 is 17.4 Å². The predicted octanol–water partition coefficient (Wildman–Crippen LogP) is 3.02. The molecule has 3 aromatic heterocycles. The van der Waals surface area contributed by atoms with Crippen molar-refractivity contribution in [3.63, 3.8) is 0 Å². The molecule has 1 saturated heterocycles. The Balaban J connectivity index is 1.61. The van der Waals surface area contributed by atoms with Crippen LogP contribution in [0.3, 0.4) is 0 Å². The zero-order valence-electron chi connectivity index (χ0n) is 16.7. The molecule has 3 aromatic rings. The normalized spacial score (nSPS) is 22.0. The molecule has 2 atom stereocenters. The Hall–Kier alpha value is -2.94. The number of carbonyl (C=O) groups is 2. The number of piperidine rings is 1. The highest BCUT2D eigenvalue weighted by Gasteiger charge is 2.44. The van der Waals surface area contributed by atoms with Gasteiger partial charge >= 0.3 is 11.8 Å². The highest BCUT2D eigenvalue weighted by Crippen LogP contribution is 2.43. The third-order valence-electron chi connectivity index (χ3n) is 5.69. The number of likely N-dealkylation sites (tertiary alicyclic amines) is 1. The highest BCUT2D eigenvalue weighted by molar-refractivity contribution is 7.18. The number of H-pyrrole nitrogens is 1. The van der Waals surface area contributed by atoms with E-state index in [9.17, 15) is 9.59 Å². The quantitative estimate of drug-likeness (QED) is 0.559. The van der Waals surface area contributed by atoms with Gasteiger partial charge in [0.2, 0.25) is 0 Å². The number of pyridine rings is 1. The van der Waals surface area contributed by atoms with Crippen LogP contribution in [0, 0.1) is 12.8 Å². The lowest BCUT2D eigenvalue weighted by Gasteiger charge is -2.46. The predicted molar refractivity (Wildman–Crippen MR) is 113 cm³/mol. The topological polar surface area (TPSA) is 117 Å². The van der Waals surface area contributed by atoms with Crippen LogP contribution in [0.25, 0.3) is 10.2 Å². The van der Waals surface area contributed by atoms with Crippen LogP contribution in [0.2, 0.25) is 0 Å². The van der Waals surface area contributed by atoms with E-state index >= 15 is 0 Å². The number of aromatic amines is 1. The largest absolute Gasteiger partial charge is 0.383 e. The number of thiophene rings is 1. The molecule has 0 saturated carbocycles. The smallest absolute Gasteiger partial charge is 0.313 e. The molecule has 8 nitrogen and oxygen atoms in total. The number of carbonyl (C=O) groups excluding carboxylic acids is 2. The number of nitrogens with zero attached hydrogens (tertiary/aromatic N) is 3. The molecule has 0 aliphatic carbocycles. The van der Waals surface area contributed by atoms with E-state index in [4.69, 9.17) is 5.73 Å². The third kappa shape index (κ3) is 3.46. The molecule has 4 N–H and O–H groups in total. The number of fused-ring (bicyclic) bond motifs is 1. The van der Waals surface area contributed by atoms with Crippen LogP contribution in [0.15, 0.2) is 24.5 Å². The molecule has 1 aliphatic heterocycles. The van der Waals surface area contributed by atoms with Crippen molar-refractivity contribution in [1.29, 1.82) is 0 Å². The fourth-order valence-electron chi connectivity index (χ4n) is 3.81. The average Bonchev–Trinajstić information content (AvgIpc) is 3.29. The first-order valence-electron chi connectivity index (χ1n) is 9.56. The second-order valence-corrected chi connectivity index (χ2v) is 9.03. The second kappa shape index (κ2) is 7.14. The first-order valence-corrected chi connectivity index (χ1v) is 10.4. The summed E-state index contributed by atoms with van der Waals surface area (Å²) in [7, 11) is 0. The fourth-order valence-corrected chi connectivity index (χ4v) is 4.97. The summed E-state index contributed by atoms with van der Waals surface area (Å²) < 4.78 is 0. The SMILES string of the molecule is Cc1cc(NC(=O)C(=O)N2C[C@@H](C)CC[C@@]2(C)c2cc3cn[nH]c3s2)cnc1N. The fraction of sp³-hybridized carbons (Fsp3) is 0.400. The molecule has 2 amide bonds. The van der Waals surface area contributed by atoms with Gasteiger partial charge in [0.05, 0.1) is 23.6 Å². The number of aromatic nitrogens is 3. The van der Waals surface area contributed by atoms with Crippen molar-refractivity contribution >= 4 is 44.9 Å². The molecule has 0 aromatic carbocycles. The Morgan fingerprint density at radius 1 is 1.38 bits per heavy atom. The number of nitrogen functional groups attached to an aromatic ring is 1. The van der Waals surface area contributed by atoms with Crippen LogP contribution in [0.1, 0.15) is 37.1 Å². The van der Waals surface area contributed by atoms with Crippen LogP contribution < -0.4 is 11.1 Å². The summed E-state index contributed by atoms with van der Waals surface area (Å²) in [6, 6.07) is 3.77.